The van der Waals surface area contributed by atoms with Gasteiger partial charge in [-0.2, -0.15) is 0 Å². The number of ether oxygens (including phenoxy) is 3. The molecule has 2 rings (SSSR count). The Hall–Kier alpha value is -2.24. The van der Waals surface area contributed by atoms with E-state index in [1.807, 2.05) is 6.07 Å². The van der Waals surface area contributed by atoms with Gasteiger partial charge in [0.2, 0.25) is 0 Å². The van der Waals surface area contributed by atoms with Crippen molar-refractivity contribution in [2.24, 2.45) is 5.16 Å². The molecule has 0 spiro atoms. The van der Waals surface area contributed by atoms with Gasteiger partial charge in [0.05, 0.1) is 26.4 Å². The molecular formula is C13H15NO5. The second kappa shape index (κ2) is 5.60. The van der Waals surface area contributed by atoms with E-state index < -0.39 is 12.3 Å². The first kappa shape index (κ1) is 13.2. The highest BCUT2D eigenvalue weighted by atomic mass is 16.8. The second-order valence-electron chi connectivity index (χ2n) is 3.96. The Kier molecular flexibility index (Phi) is 3.89. The van der Waals surface area contributed by atoms with E-state index in [2.05, 4.69) is 5.16 Å². The van der Waals surface area contributed by atoms with Crippen LogP contribution >= 0.6 is 0 Å². The van der Waals surface area contributed by atoms with Gasteiger partial charge in [-0.1, -0.05) is 5.16 Å². The van der Waals surface area contributed by atoms with E-state index in [0.717, 1.165) is 5.56 Å². The zero-order chi connectivity index (χ0) is 13.8. The predicted molar refractivity (Wildman–Crippen MR) is 67.3 cm³/mol. The molecule has 1 atom stereocenters. The molecule has 6 heteroatoms. The molecule has 0 saturated carbocycles. The van der Waals surface area contributed by atoms with Crippen molar-refractivity contribution in [1.29, 1.82) is 0 Å². The summed E-state index contributed by atoms with van der Waals surface area (Å²) in [4.78, 5) is 15.9. The number of hydrogen-bond donors (Lipinski definition) is 0. The maximum absolute atomic E-state index is 10.8. The van der Waals surface area contributed by atoms with Crippen molar-refractivity contribution in [2.75, 3.05) is 14.2 Å². The number of hydrogen-bond acceptors (Lipinski definition) is 6. The van der Waals surface area contributed by atoms with Crippen molar-refractivity contribution in [3.05, 3.63) is 23.8 Å². The molecule has 1 aliphatic heterocycles. The molecule has 0 N–H and O–H groups in total. The lowest BCUT2D eigenvalue weighted by Crippen LogP contribution is -2.16. The van der Waals surface area contributed by atoms with E-state index in [1.165, 1.54) is 6.92 Å². The molecule has 0 radical (unpaired) electrons. The van der Waals surface area contributed by atoms with Gasteiger partial charge in [-0.15, -0.1) is 0 Å². The number of carbonyl (C=O) groups is 1. The molecule has 102 valence electrons. The maximum atomic E-state index is 10.8. The molecular weight excluding hydrogens is 250 g/mol. The lowest BCUT2D eigenvalue weighted by Gasteiger charge is -2.09. The van der Waals surface area contributed by atoms with Crippen molar-refractivity contribution in [3.63, 3.8) is 0 Å². The van der Waals surface area contributed by atoms with Crippen LogP contribution in [0.15, 0.2) is 23.4 Å². The molecule has 1 aromatic carbocycles. The van der Waals surface area contributed by atoms with Gasteiger partial charge < -0.3 is 19.0 Å². The van der Waals surface area contributed by atoms with E-state index >= 15 is 0 Å². The third kappa shape index (κ3) is 2.96. The average molecular weight is 265 g/mol. The van der Waals surface area contributed by atoms with Gasteiger partial charge in [0.25, 0.3) is 6.29 Å². The molecule has 1 aliphatic rings. The lowest BCUT2D eigenvalue weighted by atomic mass is 10.1. The quantitative estimate of drug-likeness (QED) is 0.775. The first-order valence-electron chi connectivity index (χ1n) is 5.76. The monoisotopic (exact) mass is 265 g/mol. The standard InChI is InChI=1S/C13H15NO5/c1-8(15)18-13-7-10(14-19-13)9-4-5-11(16-2)12(6-9)17-3/h4-6,13H,7H2,1-3H3. The van der Waals surface area contributed by atoms with E-state index in [0.29, 0.717) is 23.6 Å². The van der Waals surface area contributed by atoms with Gasteiger partial charge in [0, 0.05) is 12.5 Å². The molecule has 1 heterocycles. The van der Waals surface area contributed by atoms with E-state index in [1.54, 1.807) is 26.4 Å². The Labute approximate surface area is 110 Å². The minimum Gasteiger partial charge on any atom is -0.493 e. The van der Waals surface area contributed by atoms with Crippen LogP contribution in [0.4, 0.5) is 0 Å². The van der Waals surface area contributed by atoms with E-state index in [9.17, 15) is 4.79 Å². The number of rotatable bonds is 4. The highest BCUT2D eigenvalue weighted by Gasteiger charge is 2.25. The van der Waals surface area contributed by atoms with Gasteiger partial charge in [0.1, 0.15) is 0 Å². The Bertz CT molecular complexity index is 512. The van der Waals surface area contributed by atoms with Crippen LogP contribution in [0.25, 0.3) is 0 Å². The molecule has 1 aromatic rings. The fraction of sp³-hybridized carbons (Fsp3) is 0.385. The summed E-state index contributed by atoms with van der Waals surface area (Å²) in [6, 6.07) is 5.44. The number of methoxy groups -OCH3 is 2. The molecule has 0 saturated heterocycles. The summed E-state index contributed by atoms with van der Waals surface area (Å²) in [6.07, 6.45) is -0.240. The largest absolute Gasteiger partial charge is 0.493 e. The minimum absolute atomic E-state index is 0.395. The highest BCUT2D eigenvalue weighted by molar-refractivity contribution is 6.01. The number of carbonyl (C=O) groups excluding carboxylic acids is 1. The third-order valence-electron chi connectivity index (χ3n) is 2.65. The summed E-state index contributed by atoms with van der Waals surface area (Å²) in [6.45, 7) is 1.33. The van der Waals surface area contributed by atoms with Crippen LogP contribution in [0.5, 0.6) is 11.5 Å². The van der Waals surface area contributed by atoms with Crippen molar-refractivity contribution in [2.45, 2.75) is 19.6 Å². The average Bonchev–Trinajstić information content (AvgIpc) is 2.85. The smallest absolute Gasteiger partial charge is 0.305 e. The van der Waals surface area contributed by atoms with Crippen LogP contribution in [-0.4, -0.2) is 32.2 Å². The molecule has 0 bridgehead atoms. The number of esters is 1. The summed E-state index contributed by atoms with van der Waals surface area (Å²) >= 11 is 0. The summed E-state index contributed by atoms with van der Waals surface area (Å²) in [5.41, 5.74) is 1.54. The summed E-state index contributed by atoms with van der Waals surface area (Å²) in [5.74, 6) is 0.856. The lowest BCUT2D eigenvalue weighted by molar-refractivity contribution is -0.170. The van der Waals surface area contributed by atoms with Crippen molar-refractivity contribution in [1.82, 2.24) is 0 Å². The number of oxime groups is 1. The van der Waals surface area contributed by atoms with Crippen LogP contribution in [0.2, 0.25) is 0 Å². The van der Waals surface area contributed by atoms with Gasteiger partial charge in [-0.3, -0.25) is 4.79 Å². The van der Waals surface area contributed by atoms with E-state index in [-0.39, 0.29) is 0 Å². The Morgan fingerprint density at radius 3 is 2.68 bits per heavy atom. The molecule has 0 amide bonds. The Morgan fingerprint density at radius 2 is 2.05 bits per heavy atom. The number of nitrogens with zero attached hydrogens (tertiary/aromatic N) is 1. The molecule has 0 aliphatic carbocycles. The van der Waals surface area contributed by atoms with Gasteiger partial charge in [-0.25, -0.2) is 0 Å². The topological polar surface area (TPSA) is 66.3 Å². The van der Waals surface area contributed by atoms with E-state index in [4.69, 9.17) is 19.0 Å². The molecule has 0 aromatic heterocycles. The summed E-state index contributed by atoms with van der Waals surface area (Å²) in [5, 5.41) is 3.91. The molecule has 0 fully saturated rings. The van der Waals surface area contributed by atoms with Crippen LogP contribution in [0.3, 0.4) is 0 Å². The fourth-order valence-electron chi connectivity index (χ4n) is 1.79. The molecule has 6 nitrogen and oxygen atoms in total. The first-order valence-corrected chi connectivity index (χ1v) is 5.76. The third-order valence-corrected chi connectivity index (χ3v) is 2.65. The van der Waals surface area contributed by atoms with Crippen LogP contribution in [0.1, 0.15) is 18.9 Å². The molecule has 19 heavy (non-hydrogen) atoms. The maximum Gasteiger partial charge on any atom is 0.305 e. The van der Waals surface area contributed by atoms with Crippen LogP contribution in [0, 0.1) is 0 Å². The number of benzene rings is 1. The second-order valence-corrected chi connectivity index (χ2v) is 3.96. The zero-order valence-corrected chi connectivity index (χ0v) is 11.0. The van der Waals surface area contributed by atoms with Gasteiger partial charge in [0.15, 0.2) is 11.5 Å². The van der Waals surface area contributed by atoms with Gasteiger partial charge >= 0.3 is 5.97 Å². The Balaban J connectivity index is 2.13. The predicted octanol–water partition coefficient (Wildman–Crippen LogP) is 1.72. The van der Waals surface area contributed by atoms with Crippen LogP contribution < -0.4 is 9.47 Å². The summed E-state index contributed by atoms with van der Waals surface area (Å²) < 4.78 is 15.3. The Morgan fingerprint density at radius 1 is 1.32 bits per heavy atom. The molecule has 1 unspecified atom stereocenters. The zero-order valence-electron chi connectivity index (χ0n) is 11.0. The van der Waals surface area contributed by atoms with Crippen LogP contribution in [-0.2, 0) is 14.4 Å². The van der Waals surface area contributed by atoms with Gasteiger partial charge in [-0.05, 0) is 18.2 Å². The minimum atomic E-state index is -0.652. The van der Waals surface area contributed by atoms with Crippen molar-refractivity contribution >= 4 is 11.7 Å². The normalized spacial score (nSPS) is 17.4. The van der Waals surface area contributed by atoms with Crippen molar-refractivity contribution < 1.29 is 23.8 Å². The fourth-order valence-corrected chi connectivity index (χ4v) is 1.79. The van der Waals surface area contributed by atoms with Crippen molar-refractivity contribution in [3.8, 4) is 11.5 Å². The first-order chi connectivity index (χ1) is 9.13. The summed E-state index contributed by atoms with van der Waals surface area (Å²) in [7, 11) is 3.14. The SMILES string of the molecule is COc1ccc(C2=NOC(OC(C)=O)C2)cc1OC. The highest BCUT2D eigenvalue weighted by Crippen LogP contribution is 2.29.